The molecule has 1 atom stereocenters. The van der Waals surface area contributed by atoms with Gasteiger partial charge in [-0.3, -0.25) is 10.1 Å². The van der Waals surface area contributed by atoms with Crippen molar-refractivity contribution in [1.82, 2.24) is 0 Å². The molecule has 0 amide bonds. The van der Waals surface area contributed by atoms with E-state index in [4.69, 9.17) is 5.73 Å². The van der Waals surface area contributed by atoms with Crippen molar-refractivity contribution < 1.29 is 4.92 Å². The summed E-state index contributed by atoms with van der Waals surface area (Å²) >= 11 is 2.08. The number of hydrogen-bond acceptors (Lipinski definition) is 4. The highest BCUT2D eigenvalue weighted by Gasteiger charge is 2.08. The molecule has 0 saturated heterocycles. The minimum absolute atomic E-state index is 0.113. The molecule has 0 fully saturated rings. The third kappa shape index (κ3) is 3.93. The first kappa shape index (κ1) is 13.2. The number of hydrogen-bond donors (Lipinski definition) is 2. The first-order chi connectivity index (χ1) is 7.50. The maximum Gasteiger partial charge on any atom is 0.270 e. The monoisotopic (exact) mass is 335 g/mol. The van der Waals surface area contributed by atoms with E-state index in [1.165, 1.54) is 6.07 Å². The number of nitro benzene ring substituents is 1. The second-order valence-corrected chi connectivity index (χ2v) is 4.78. The van der Waals surface area contributed by atoms with Crippen molar-refractivity contribution in [3.63, 3.8) is 0 Å². The van der Waals surface area contributed by atoms with Crippen LogP contribution in [0, 0.1) is 13.7 Å². The van der Waals surface area contributed by atoms with E-state index in [9.17, 15) is 10.1 Å². The maximum atomic E-state index is 10.5. The van der Waals surface area contributed by atoms with Gasteiger partial charge in [0.25, 0.3) is 5.69 Å². The minimum Gasteiger partial charge on any atom is -0.384 e. The lowest BCUT2D eigenvalue weighted by molar-refractivity contribution is -0.384. The summed E-state index contributed by atoms with van der Waals surface area (Å²) in [7, 11) is 0. The average molecular weight is 335 g/mol. The zero-order valence-corrected chi connectivity index (χ0v) is 11.1. The number of anilines is 1. The van der Waals surface area contributed by atoms with Crippen molar-refractivity contribution in [3.05, 3.63) is 31.9 Å². The van der Waals surface area contributed by atoms with E-state index < -0.39 is 4.92 Å². The van der Waals surface area contributed by atoms with Crippen molar-refractivity contribution in [1.29, 1.82) is 0 Å². The van der Waals surface area contributed by atoms with Crippen molar-refractivity contribution in [3.8, 4) is 0 Å². The molecule has 1 aromatic carbocycles. The number of nitrogens with zero attached hydrogens (tertiary/aromatic N) is 1. The molecule has 0 aliphatic heterocycles. The van der Waals surface area contributed by atoms with E-state index in [2.05, 4.69) is 27.9 Å². The van der Waals surface area contributed by atoms with Crippen LogP contribution >= 0.6 is 22.6 Å². The van der Waals surface area contributed by atoms with Gasteiger partial charge >= 0.3 is 0 Å². The first-order valence-electron chi connectivity index (χ1n) is 4.94. The van der Waals surface area contributed by atoms with Crippen LogP contribution < -0.4 is 11.1 Å². The van der Waals surface area contributed by atoms with E-state index in [1.807, 2.05) is 6.92 Å². The molecule has 0 aliphatic rings. The first-order valence-corrected chi connectivity index (χ1v) is 6.02. The van der Waals surface area contributed by atoms with E-state index >= 15 is 0 Å². The molecule has 6 heteroatoms. The van der Waals surface area contributed by atoms with Gasteiger partial charge in [-0.1, -0.05) is 0 Å². The molecule has 88 valence electrons. The Labute approximate surface area is 108 Å². The molecular formula is C10H14IN3O2. The Morgan fingerprint density at radius 3 is 2.81 bits per heavy atom. The van der Waals surface area contributed by atoms with Crippen LogP contribution in [0.15, 0.2) is 18.2 Å². The van der Waals surface area contributed by atoms with Gasteiger partial charge in [-0.15, -0.1) is 0 Å². The van der Waals surface area contributed by atoms with Crippen molar-refractivity contribution in [2.45, 2.75) is 19.4 Å². The lowest BCUT2D eigenvalue weighted by Gasteiger charge is -2.09. The molecule has 1 unspecified atom stereocenters. The van der Waals surface area contributed by atoms with Crippen LogP contribution in [0.25, 0.3) is 0 Å². The molecule has 1 aromatic rings. The lowest BCUT2D eigenvalue weighted by atomic mass is 10.2. The van der Waals surface area contributed by atoms with Gasteiger partial charge in [-0.2, -0.15) is 0 Å². The fourth-order valence-electron chi connectivity index (χ4n) is 1.20. The standard InChI is InChI=1S/C10H14IN3O2/c1-7(12)4-5-13-10-3-2-8(14(15)16)6-9(10)11/h2-3,6-7,13H,4-5,12H2,1H3. The molecule has 0 radical (unpaired) electrons. The Kier molecular flexibility index (Phi) is 4.94. The molecule has 0 bridgehead atoms. The van der Waals surface area contributed by atoms with Crippen molar-refractivity contribution in [2.24, 2.45) is 5.73 Å². The highest BCUT2D eigenvalue weighted by atomic mass is 127. The van der Waals surface area contributed by atoms with Gasteiger partial charge in [0, 0.05) is 34.0 Å². The van der Waals surface area contributed by atoms with Crippen LogP contribution in [-0.2, 0) is 0 Å². The molecule has 16 heavy (non-hydrogen) atoms. The van der Waals surface area contributed by atoms with Crippen molar-refractivity contribution in [2.75, 3.05) is 11.9 Å². The van der Waals surface area contributed by atoms with Gasteiger partial charge in [0.05, 0.1) is 4.92 Å². The quantitative estimate of drug-likeness (QED) is 0.492. The molecule has 1 rings (SSSR count). The van der Waals surface area contributed by atoms with Crippen molar-refractivity contribution >= 4 is 34.0 Å². The summed E-state index contributed by atoms with van der Waals surface area (Å²) in [5.74, 6) is 0. The van der Waals surface area contributed by atoms with E-state index in [0.29, 0.717) is 0 Å². The SMILES string of the molecule is CC(N)CCNc1ccc([N+](=O)[O-])cc1I. The van der Waals surface area contributed by atoms with E-state index in [1.54, 1.807) is 12.1 Å². The zero-order valence-electron chi connectivity index (χ0n) is 8.94. The molecule has 5 nitrogen and oxygen atoms in total. The van der Waals surface area contributed by atoms with Crippen LogP contribution in [0.2, 0.25) is 0 Å². The fraction of sp³-hybridized carbons (Fsp3) is 0.400. The summed E-state index contributed by atoms with van der Waals surface area (Å²) in [5, 5.41) is 13.7. The summed E-state index contributed by atoms with van der Waals surface area (Å²) in [6, 6.07) is 4.93. The highest BCUT2D eigenvalue weighted by Crippen LogP contribution is 2.23. The highest BCUT2D eigenvalue weighted by molar-refractivity contribution is 14.1. The molecule has 0 saturated carbocycles. The predicted octanol–water partition coefficient (Wildman–Crippen LogP) is 2.35. The van der Waals surface area contributed by atoms with Gasteiger partial charge in [-0.05, 0) is 42.0 Å². The minimum atomic E-state index is -0.395. The second kappa shape index (κ2) is 6.00. The summed E-state index contributed by atoms with van der Waals surface area (Å²) < 4.78 is 0.844. The topological polar surface area (TPSA) is 81.2 Å². The lowest BCUT2D eigenvalue weighted by Crippen LogP contribution is -2.19. The molecule has 0 aromatic heterocycles. The largest absolute Gasteiger partial charge is 0.384 e. The van der Waals surface area contributed by atoms with Crippen LogP contribution in [0.4, 0.5) is 11.4 Å². The third-order valence-corrected chi connectivity index (χ3v) is 2.97. The van der Waals surface area contributed by atoms with Gasteiger partial charge in [-0.25, -0.2) is 0 Å². The number of halogens is 1. The molecule has 0 spiro atoms. The number of rotatable bonds is 5. The average Bonchev–Trinajstić information content (AvgIpc) is 2.19. The predicted molar refractivity (Wildman–Crippen MR) is 72.6 cm³/mol. The van der Waals surface area contributed by atoms with Crippen LogP contribution in [-0.4, -0.2) is 17.5 Å². The molecule has 0 heterocycles. The Hall–Kier alpha value is -0.890. The van der Waals surface area contributed by atoms with Gasteiger partial charge < -0.3 is 11.1 Å². The summed E-state index contributed by atoms with van der Waals surface area (Å²) in [4.78, 5) is 10.1. The number of nitrogens with one attached hydrogen (secondary N) is 1. The summed E-state index contributed by atoms with van der Waals surface area (Å²) in [6.45, 7) is 2.72. The second-order valence-electron chi connectivity index (χ2n) is 3.61. The number of benzene rings is 1. The molecule has 3 N–H and O–H groups in total. The number of nitrogens with two attached hydrogens (primary N) is 1. The number of nitro groups is 1. The Balaban J connectivity index is 2.64. The molecule has 0 aliphatic carbocycles. The summed E-state index contributed by atoms with van der Waals surface area (Å²) in [5.41, 5.74) is 6.65. The molecular weight excluding hydrogens is 321 g/mol. The number of non-ortho nitro benzene ring substituents is 1. The third-order valence-electron chi connectivity index (χ3n) is 2.08. The fourth-order valence-corrected chi connectivity index (χ4v) is 1.89. The zero-order chi connectivity index (χ0) is 12.1. The smallest absolute Gasteiger partial charge is 0.270 e. The Morgan fingerprint density at radius 2 is 2.31 bits per heavy atom. The van der Waals surface area contributed by atoms with Crippen LogP contribution in [0.3, 0.4) is 0 Å². The van der Waals surface area contributed by atoms with E-state index in [-0.39, 0.29) is 11.7 Å². The van der Waals surface area contributed by atoms with Gasteiger partial charge in [0.15, 0.2) is 0 Å². The Bertz CT molecular complexity index is 382. The Morgan fingerprint density at radius 1 is 1.62 bits per heavy atom. The normalized spacial score (nSPS) is 12.2. The van der Waals surface area contributed by atoms with Crippen LogP contribution in [0.1, 0.15) is 13.3 Å². The summed E-state index contributed by atoms with van der Waals surface area (Å²) in [6.07, 6.45) is 0.868. The van der Waals surface area contributed by atoms with E-state index in [0.717, 1.165) is 22.2 Å². The van der Waals surface area contributed by atoms with Gasteiger partial charge in [0.1, 0.15) is 0 Å². The maximum absolute atomic E-state index is 10.5. The van der Waals surface area contributed by atoms with Gasteiger partial charge in [0.2, 0.25) is 0 Å². The van der Waals surface area contributed by atoms with Crippen LogP contribution in [0.5, 0.6) is 0 Å².